The van der Waals surface area contributed by atoms with E-state index < -0.39 is 150 Å². The van der Waals surface area contributed by atoms with E-state index in [1.54, 1.807) is 6.92 Å². The number of hydrogen-bond donors (Lipinski definition) is 8. The summed E-state index contributed by atoms with van der Waals surface area (Å²) in [6.07, 6.45) is -12.9. The fourth-order valence-corrected chi connectivity index (χ4v) is 11.0. The molecule has 7 rings (SSSR count). The second kappa shape index (κ2) is 22.7. The molecule has 4 amide bonds. The third-order valence-corrected chi connectivity index (χ3v) is 16.2. The Morgan fingerprint density at radius 1 is 0.361 bits per heavy atom. The van der Waals surface area contributed by atoms with E-state index in [-0.39, 0.29) is 63.3 Å². The molecule has 7 aromatic rings. The van der Waals surface area contributed by atoms with Gasteiger partial charge in [0, 0.05) is 24.1 Å². The first-order chi connectivity index (χ1) is 38.7. The standard InChI is InChI=1S/C55H38F6N4O16S2/c1-27-3-13-33(14-4-27)82(78,79)34-15-7-30(8-16-34)63-46(67)39-23-28(5-21-37(39)49(70)71)53(54(56,57)58,55(59,60)61)29-6-22-38(50(72)73)40(24-29)47(68)64-31-9-17-35(18-10-31)83(80,81)36-19-11-32(12-20-36)65-48(69)42-25-41(45(66)62-2)43(51(74)75)26-44(42)52(76)77/h3-26H,1-2H3,(H,62,66)(H,63,67)(H,64,68)(H,65,69)(H,70,71)(H,72,73)(H,74,75)(H,76,77). The summed E-state index contributed by atoms with van der Waals surface area (Å²) < 4.78 is 147. The van der Waals surface area contributed by atoms with E-state index in [1.165, 1.54) is 24.3 Å². The molecular weight excluding hydrogens is 1150 g/mol. The lowest BCUT2D eigenvalue weighted by Gasteiger charge is -2.38. The molecule has 428 valence electrons. The van der Waals surface area contributed by atoms with Crippen LogP contribution in [0.15, 0.2) is 165 Å². The van der Waals surface area contributed by atoms with Crippen LogP contribution in [0.25, 0.3) is 0 Å². The molecule has 0 saturated heterocycles. The van der Waals surface area contributed by atoms with Crippen molar-refractivity contribution in [3.63, 3.8) is 0 Å². The van der Waals surface area contributed by atoms with Crippen LogP contribution in [0.1, 0.15) is 99.6 Å². The Morgan fingerprint density at radius 2 is 0.627 bits per heavy atom. The Bertz CT molecular complexity index is 4070. The molecule has 0 spiro atoms. The van der Waals surface area contributed by atoms with Gasteiger partial charge in [-0.15, -0.1) is 0 Å². The summed E-state index contributed by atoms with van der Waals surface area (Å²) in [6, 6.07) is 19.6. The molecule has 83 heavy (non-hydrogen) atoms. The molecule has 0 aliphatic heterocycles. The van der Waals surface area contributed by atoms with Crippen LogP contribution in [0, 0.1) is 6.92 Å². The van der Waals surface area contributed by atoms with Gasteiger partial charge in [-0.1, -0.05) is 29.8 Å². The number of halogens is 6. The average molecular weight is 1190 g/mol. The molecule has 0 aliphatic carbocycles. The third-order valence-electron chi connectivity index (χ3n) is 12.6. The molecule has 0 radical (unpaired) electrons. The Labute approximate surface area is 463 Å². The molecule has 0 heterocycles. The van der Waals surface area contributed by atoms with Gasteiger partial charge in [-0.05, 0) is 139 Å². The second-order valence-electron chi connectivity index (χ2n) is 17.8. The Morgan fingerprint density at radius 3 is 0.904 bits per heavy atom. The highest BCUT2D eigenvalue weighted by molar-refractivity contribution is 7.91. The molecule has 0 aliphatic rings. The van der Waals surface area contributed by atoms with Gasteiger partial charge in [0.1, 0.15) is 0 Å². The van der Waals surface area contributed by atoms with E-state index in [0.29, 0.717) is 6.07 Å². The number of alkyl halides is 6. The summed E-state index contributed by atoms with van der Waals surface area (Å²) >= 11 is 0. The molecule has 0 bridgehead atoms. The number of carboxylic acids is 4. The van der Waals surface area contributed by atoms with Gasteiger partial charge in [-0.25, -0.2) is 36.0 Å². The van der Waals surface area contributed by atoms with Crippen molar-refractivity contribution < 1.29 is 102 Å². The fourth-order valence-electron chi connectivity index (χ4n) is 8.49. The molecule has 0 saturated carbocycles. The lowest BCUT2D eigenvalue weighted by Crippen LogP contribution is -2.55. The Kier molecular flexibility index (Phi) is 16.5. The largest absolute Gasteiger partial charge is 0.478 e. The lowest BCUT2D eigenvalue weighted by atomic mass is 9.71. The Balaban J connectivity index is 1.17. The second-order valence-corrected chi connectivity index (χ2v) is 21.7. The van der Waals surface area contributed by atoms with Crippen molar-refractivity contribution in [3.05, 3.63) is 207 Å². The number of sulfone groups is 2. The number of rotatable bonds is 17. The van der Waals surface area contributed by atoms with Crippen molar-refractivity contribution in [2.45, 2.75) is 44.3 Å². The third kappa shape index (κ3) is 11.8. The molecule has 8 N–H and O–H groups in total. The number of aryl methyl sites for hydroxylation is 1. The summed E-state index contributed by atoms with van der Waals surface area (Å²) in [5.41, 5.74) is -16.5. The monoisotopic (exact) mass is 1190 g/mol. The van der Waals surface area contributed by atoms with Gasteiger partial charge in [-0.2, -0.15) is 26.3 Å². The molecule has 0 aromatic heterocycles. The molecule has 0 atom stereocenters. The number of carbonyl (C=O) groups is 8. The van der Waals surface area contributed by atoms with Crippen molar-refractivity contribution in [2.24, 2.45) is 0 Å². The van der Waals surface area contributed by atoms with Gasteiger partial charge in [-0.3, -0.25) is 19.2 Å². The first kappa shape index (κ1) is 60.4. The van der Waals surface area contributed by atoms with Crippen LogP contribution < -0.4 is 21.3 Å². The van der Waals surface area contributed by atoms with Gasteiger partial charge in [0.2, 0.25) is 25.1 Å². The predicted octanol–water partition coefficient (Wildman–Crippen LogP) is 8.98. The van der Waals surface area contributed by atoms with Crippen molar-refractivity contribution in [1.82, 2.24) is 5.32 Å². The van der Waals surface area contributed by atoms with E-state index in [1.807, 2.05) is 0 Å². The van der Waals surface area contributed by atoms with Crippen LogP contribution in [0.3, 0.4) is 0 Å². The van der Waals surface area contributed by atoms with Gasteiger partial charge >= 0.3 is 36.2 Å². The highest BCUT2D eigenvalue weighted by atomic mass is 32.2. The minimum atomic E-state index is -6.47. The number of nitrogens with one attached hydrogen (secondary N) is 4. The van der Waals surface area contributed by atoms with Gasteiger partial charge in [0.05, 0.1) is 64.1 Å². The van der Waals surface area contributed by atoms with Crippen LogP contribution >= 0.6 is 0 Å². The van der Waals surface area contributed by atoms with Gasteiger partial charge < -0.3 is 41.7 Å². The van der Waals surface area contributed by atoms with E-state index >= 15 is 26.3 Å². The van der Waals surface area contributed by atoms with Crippen molar-refractivity contribution in [2.75, 3.05) is 23.0 Å². The van der Waals surface area contributed by atoms with Crippen LogP contribution in [-0.4, -0.2) is 104 Å². The summed E-state index contributed by atoms with van der Waals surface area (Å²) in [5.74, 6) is -12.7. The molecule has 28 heteroatoms. The number of amides is 4. The SMILES string of the molecule is CNC(=O)c1cc(C(=O)Nc2ccc(S(=O)(=O)c3ccc(NC(=O)c4cc(C(c5ccc(C(=O)O)c(C(=O)Nc6ccc(S(=O)(=O)c7ccc(C)cc7)cc6)c5)(C(F)(F)F)C(F)(F)F)ccc4C(=O)O)cc3)cc2)c(C(=O)O)cc1C(=O)O. The molecule has 20 nitrogen and oxygen atoms in total. The zero-order valence-corrected chi connectivity index (χ0v) is 43.8. The minimum Gasteiger partial charge on any atom is -0.478 e. The summed E-state index contributed by atoms with van der Waals surface area (Å²) in [6.45, 7) is 1.71. The van der Waals surface area contributed by atoms with Crippen molar-refractivity contribution in [1.29, 1.82) is 0 Å². The number of benzene rings is 7. The molecule has 0 unspecified atom stereocenters. The zero-order chi connectivity index (χ0) is 61.3. The fraction of sp³-hybridized carbons (Fsp3) is 0.0909. The maximum Gasteiger partial charge on any atom is 0.411 e. The number of carbonyl (C=O) groups excluding carboxylic acids is 4. The van der Waals surface area contributed by atoms with Crippen LogP contribution in [0.4, 0.5) is 43.4 Å². The maximum absolute atomic E-state index is 15.6. The maximum atomic E-state index is 15.6. The summed E-state index contributed by atoms with van der Waals surface area (Å²) in [7, 11) is -7.47. The highest BCUT2D eigenvalue weighted by Crippen LogP contribution is 2.56. The normalized spacial score (nSPS) is 11.9. The number of aromatic carboxylic acids is 4. The first-order valence-corrected chi connectivity index (χ1v) is 26.3. The average Bonchev–Trinajstić information content (AvgIpc) is 1.42. The lowest BCUT2D eigenvalue weighted by molar-refractivity contribution is -0.288. The molecule has 0 fully saturated rings. The van der Waals surface area contributed by atoms with Crippen LogP contribution in [0.5, 0.6) is 0 Å². The van der Waals surface area contributed by atoms with E-state index in [0.717, 1.165) is 91.5 Å². The molecule has 7 aromatic carbocycles. The number of anilines is 3. The van der Waals surface area contributed by atoms with Gasteiger partial charge in [0.25, 0.3) is 23.6 Å². The van der Waals surface area contributed by atoms with Gasteiger partial charge in [0.15, 0.2) is 0 Å². The number of carboxylic acid groups (broad SMARTS) is 4. The minimum absolute atomic E-state index is 0.000615. The first-order valence-electron chi connectivity index (χ1n) is 23.3. The highest BCUT2D eigenvalue weighted by Gasteiger charge is 2.72. The summed E-state index contributed by atoms with van der Waals surface area (Å²) in [4.78, 5) is 100. The van der Waals surface area contributed by atoms with Crippen molar-refractivity contribution >= 4 is 84.2 Å². The van der Waals surface area contributed by atoms with Crippen molar-refractivity contribution in [3.8, 4) is 0 Å². The molecular formula is C55H38F6N4O16S2. The summed E-state index contributed by atoms with van der Waals surface area (Å²) in [5, 5.41) is 47.8. The van der Waals surface area contributed by atoms with Crippen LogP contribution in [-0.2, 0) is 25.1 Å². The van der Waals surface area contributed by atoms with E-state index in [2.05, 4.69) is 21.3 Å². The smallest absolute Gasteiger partial charge is 0.411 e. The van der Waals surface area contributed by atoms with E-state index in [4.69, 9.17) is 0 Å². The van der Waals surface area contributed by atoms with E-state index in [9.17, 15) is 75.6 Å². The Hall–Kier alpha value is -10.2. The topological polar surface area (TPSA) is 334 Å². The predicted molar refractivity (Wildman–Crippen MR) is 279 cm³/mol. The van der Waals surface area contributed by atoms with Crippen LogP contribution in [0.2, 0.25) is 0 Å². The quantitative estimate of drug-likeness (QED) is 0.0394. The number of hydrogen-bond acceptors (Lipinski definition) is 12. The zero-order valence-electron chi connectivity index (χ0n) is 42.1.